The predicted molar refractivity (Wildman–Crippen MR) is 41.6 cm³/mol. The first-order chi connectivity index (χ1) is 5.74. The Hall–Kier alpha value is -0.610. The second-order valence-corrected chi connectivity index (χ2v) is 2.79. The van der Waals surface area contributed by atoms with Crippen LogP contribution in [-0.2, 0) is 14.3 Å². The number of aliphatic hydroxyl groups excluding tert-OH is 1. The van der Waals surface area contributed by atoms with Gasteiger partial charge >= 0.3 is 5.97 Å². The van der Waals surface area contributed by atoms with Gasteiger partial charge in [0, 0.05) is 6.42 Å². The minimum absolute atomic E-state index is 0.356. The molecule has 2 atom stereocenters. The summed E-state index contributed by atoms with van der Waals surface area (Å²) < 4.78 is 9.88. The van der Waals surface area contributed by atoms with Gasteiger partial charge in [0.05, 0.1) is 19.3 Å². The summed E-state index contributed by atoms with van der Waals surface area (Å²) in [5.74, 6) is -0.365. The number of carbonyl (C=O) groups is 1. The van der Waals surface area contributed by atoms with E-state index in [1.165, 1.54) is 0 Å². The van der Waals surface area contributed by atoms with Crippen molar-refractivity contribution in [2.24, 2.45) is 0 Å². The summed E-state index contributed by atoms with van der Waals surface area (Å²) in [6.45, 7) is 2.54. The molecule has 1 N–H and O–H groups in total. The lowest BCUT2D eigenvalue weighted by atomic mass is 10.1. The fourth-order valence-corrected chi connectivity index (χ4v) is 1.18. The van der Waals surface area contributed by atoms with Crippen LogP contribution in [0.3, 0.4) is 0 Å². The van der Waals surface area contributed by atoms with Gasteiger partial charge in [0.1, 0.15) is 0 Å². The molecule has 1 saturated heterocycles. The van der Waals surface area contributed by atoms with Crippen LogP contribution in [0.15, 0.2) is 0 Å². The Morgan fingerprint density at radius 3 is 3.08 bits per heavy atom. The number of hydrogen-bond donors (Lipinski definition) is 1. The van der Waals surface area contributed by atoms with Crippen molar-refractivity contribution in [2.45, 2.75) is 32.0 Å². The van der Waals surface area contributed by atoms with Crippen LogP contribution in [0.25, 0.3) is 0 Å². The van der Waals surface area contributed by atoms with Gasteiger partial charge in [0.25, 0.3) is 0 Å². The highest BCUT2D eigenvalue weighted by Crippen LogP contribution is 2.14. The van der Waals surface area contributed by atoms with Gasteiger partial charge in [0.2, 0.25) is 0 Å². The lowest BCUT2D eigenvalue weighted by Gasteiger charge is -2.24. The van der Waals surface area contributed by atoms with Crippen LogP contribution in [0.2, 0.25) is 0 Å². The molecule has 0 amide bonds. The minimum Gasteiger partial charge on any atom is -0.464 e. The molecule has 0 saturated carbocycles. The van der Waals surface area contributed by atoms with Gasteiger partial charge < -0.3 is 14.6 Å². The lowest BCUT2D eigenvalue weighted by molar-refractivity contribution is -0.163. The number of ether oxygens (including phenoxy) is 2. The molecule has 1 rings (SSSR count). The van der Waals surface area contributed by atoms with Crippen LogP contribution >= 0.6 is 0 Å². The van der Waals surface area contributed by atoms with E-state index in [2.05, 4.69) is 0 Å². The average Bonchev–Trinajstić information content (AvgIpc) is 2.05. The molecule has 0 aromatic carbocycles. The third-order valence-electron chi connectivity index (χ3n) is 1.81. The second-order valence-electron chi connectivity index (χ2n) is 2.79. The van der Waals surface area contributed by atoms with E-state index in [0.29, 0.717) is 26.1 Å². The molecule has 0 radical (unpaired) electrons. The van der Waals surface area contributed by atoms with Gasteiger partial charge in [-0.05, 0) is 13.3 Å². The van der Waals surface area contributed by atoms with Crippen molar-refractivity contribution in [2.75, 3.05) is 13.2 Å². The number of carbonyl (C=O) groups excluding carboxylic acids is 1. The number of hydrogen-bond acceptors (Lipinski definition) is 4. The first-order valence-electron chi connectivity index (χ1n) is 4.20. The quantitative estimate of drug-likeness (QED) is 0.603. The van der Waals surface area contributed by atoms with E-state index in [1.807, 2.05) is 0 Å². The molecule has 4 nitrogen and oxygen atoms in total. The summed E-state index contributed by atoms with van der Waals surface area (Å²) in [4.78, 5) is 11.1. The molecule has 1 aliphatic heterocycles. The molecule has 1 aliphatic rings. The molecule has 0 aliphatic carbocycles. The number of rotatable bonds is 2. The maximum absolute atomic E-state index is 11.1. The van der Waals surface area contributed by atoms with Crippen molar-refractivity contribution in [1.82, 2.24) is 0 Å². The van der Waals surface area contributed by atoms with E-state index < -0.39 is 12.2 Å². The highest BCUT2D eigenvalue weighted by atomic mass is 16.6. The van der Waals surface area contributed by atoms with Crippen molar-refractivity contribution >= 4 is 5.97 Å². The molecular formula is C8H14O4. The zero-order chi connectivity index (χ0) is 8.97. The zero-order valence-electron chi connectivity index (χ0n) is 7.16. The van der Waals surface area contributed by atoms with Crippen LogP contribution in [0.5, 0.6) is 0 Å². The van der Waals surface area contributed by atoms with Crippen LogP contribution in [-0.4, -0.2) is 36.5 Å². The average molecular weight is 174 g/mol. The fraction of sp³-hybridized carbons (Fsp3) is 0.875. The third-order valence-corrected chi connectivity index (χ3v) is 1.81. The molecular weight excluding hydrogens is 160 g/mol. The Balaban J connectivity index is 2.35. The molecule has 1 heterocycles. The van der Waals surface area contributed by atoms with E-state index in [4.69, 9.17) is 9.47 Å². The lowest BCUT2D eigenvalue weighted by Crippen LogP contribution is -2.35. The van der Waals surface area contributed by atoms with Crippen molar-refractivity contribution in [3.63, 3.8) is 0 Å². The van der Waals surface area contributed by atoms with E-state index in [0.717, 1.165) is 0 Å². The Labute approximate surface area is 71.5 Å². The summed E-state index contributed by atoms with van der Waals surface area (Å²) in [6, 6.07) is 0. The molecule has 12 heavy (non-hydrogen) atoms. The van der Waals surface area contributed by atoms with E-state index >= 15 is 0 Å². The summed E-state index contributed by atoms with van der Waals surface area (Å²) in [7, 11) is 0. The van der Waals surface area contributed by atoms with Gasteiger partial charge in [-0.15, -0.1) is 0 Å². The van der Waals surface area contributed by atoms with Gasteiger partial charge in [-0.2, -0.15) is 0 Å². The topological polar surface area (TPSA) is 55.8 Å². The van der Waals surface area contributed by atoms with Gasteiger partial charge in [-0.3, -0.25) is 0 Å². The highest BCUT2D eigenvalue weighted by molar-refractivity contribution is 5.74. The minimum atomic E-state index is -0.561. The first-order valence-corrected chi connectivity index (χ1v) is 4.20. The summed E-state index contributed by atoms with van der Waals surface area (Å²) >= 11 is 0. The summed E-state index contributed by atoms with van der Waals surface area (Å²) in [5, 5.41) is 9.21. The Morgan fingerprint density at radius 1 is 1.75 bits per heavy atom. The summed E-state index contributed by atoms with van der Waals surface area (Å²) in [5.41, 5.74) is 0. The van der Waals surface area contributed by atoms with E-state index in [9.17, 15) is 9.90 Å². The summed E-state index contributed by atoms with van der Waals surface area (Å²) in [6.07, 6.45) is -0.0174. The zero-order valence-corrected chi connectivity index (χ0v) is 7.16. The Kier molecular flexibility index (Phi) is 3.49. The molecule has 0 aromatic rings. The third kappa shape index (κ3) is 2.46. The first kappa shape index (κ1) is 9.48. The van der Waals surface area contributed by atoms with Crippen LogP contribution in [0, 0.1) is 0 Å². The largest absolute Gasteiger partial charge is 0.464 e. The molecule has 0 unspecified atom stereocenters. The van der Waals surface area contributed by atoms with Crippen LogP contribution in [0.4, 0.5) is 0 Å². The van der Waals surface area contributed by atoms with Gasteiger partial charge in [0.15, 0.2) is 6.10 Å². The van der Waals surface area contributed by atoms with Crippen LogP contribution in [0.1, 0.15) is 19.8 Å². The van der Waals surface area contributed by atoms with Crippen molar-refractivity contribution in [3.05, 3.63) is 0 Å². The number of esters is 1. The van der Waals surface area contributed by atoms with Crippen molar-refractivity contribution < 1.29 is 19.4 Å². The van der Waals surface area contributed by atoms with Crippen molar-refractivity contribution in [3.8, 4) is 0 Å². The van der Waals surface area contributed by atoms with Crippen LogP contribution < -0.4 is 0 Å². The second kappa shape index (κ2) is 4.42. The normalized spacial score (nSPS) is 29.8. The van der Waals surface area contributed by atoms with Crippen molar-refractivity contribution in [1.29, 1.82) is 0 Å². The predicted octanol–water partition coefficient (Wildman–Crippen LogP) is 0.0894. The maximum atomic E-state index is 11.1. The number of aliphatic hydroxyl groups is 1. The Bertz CT molecular complexity index is 157. The smallest absolute Gasteiger partial charge is 0.335 e. The molecule has 0 aromatic heterocycles. The maximum Gasteiger partial charge on any atom is 0.335 e. The highest BCUT2D eigenvalue weighted by Gasteiger charge is 2.27. The monoisotopic (exact) mass is 174 g/mol. The standard InChI is InChI=1S/C8H14O4/c1-2-11-8(10)7-5-6(9)3-4-12-7/h6-7,9H,2-5H2,1H3/t6-,7+/m0/s1. The molecule has 0 bridgehead atoms. The van der Waals surface area contributed by atoms with Gasteiger partial charge in [-0.1, -0.05) is 0 Å². The SMILES string of the molecule is CCOC(=O)[C@H]1C[C@@H](O)CCO1. The fourth-order valence-electron chi connectivity index (χ4n) is 1.18. The van der Waals surface area contributed by atoms with E-state index in [1.54, 1.807) is 6.92 Å². The molecule has 70 valence electrons. The van der Waals surface area contributed by atoms with Gasteiger partial charge in [-0.25, -0.2) is 4.79 Å². The Morgan fingerprint density at radius 2 is 2.50 bits per heavy atom. The van der Waals surface area contributed by atoms with E-state index in [-0.39, 0.29) is 5.97 Å². The molecule has 4 heteroatoms. The molecule has 0 spiro atoms. The molecule has 1 fully saturated rings.